The lowest BCUT2D eigenvalue weighted by atomic mass is 10.1. The minimum Gasteiger partial charge on any atom is -0.496 e. The molecule has 0 spiro atoms. The maximum Gasteiger partial charge on any atom is 0.112 e. The molecule has 0 saturated carbocycles. The Hall–Kier alpha value is -0.580. The lowest BCUT2D eigenvalue weighted by Gasteiger charge is -2.39. The SMILES string of the molecule is CCNC(C1=CCCO1)C1CN2CCCC2CO1. The van der Waals surface area contributed by atoms with E-state index in [0.29, 0.717) is 6.04 Å². The summed E-state index contributed by atoms with van der Waals surface area (Å²) in [6, 6.07) is 0.904. The van der Waals surface area contributed by atoms with Gasteiger partial charge in [0.2, 0.25) is 0 Å². The van der Waals surface area contributed by atoms with Crippen molar-refractivity contribution in [1.82, 2.24) is 10.2 Å². The van der Waals surface area contributed by atoms with Crippen molar-refractivity contribution in [1.29, 1.82) is 0 Å². The quantitative estimate of drug-likeness (QED) is 0.813. The van der Waals surface area contributed by atoms with E-state index in [0.717, 1.165) is 38.5 Å². The van der Waals surface area contributed by atoms with Crippen LogP contribution in [0.5, 0.6) is 0 Å². The van der Waals surface area contributed by atoms with Gasteiger partial charge in [-0.05, 0) is 32.0 Å². The topological polar surface area (TPSA) is 33.7 Å². The molecule has 4 nitrogen and oxygen atoms in total. The zero-order valence-corrected chi connectivity index (χ0v) is 11.2. The maximum absolute atomic E-state index is 6.09. The Balaban J connectivity index is 1.66. The second-order valence-electron chi connectivity index (χ2n) is 5.44. The number of nitrogens with zero attached hydrogens (tertiary/aromatic N) is 1. The highest BCUT2D eigenvalue weighted by Gasteiger charge is 2.37. The summed E-state index contributed by atoms with van der Waals surface area (Å²) in [6.45, 7) is 7.10. The van der Waals surface area contributed by atoms with Crippen LogP contribution in [0, 0.1) is 0 Å². The summed E-state index contributed by atoms with van der Waals surface area (Å²) in [6.07, 6.45) is 6.12. The molecule has 3 aliphatic heterocycles. The summed E-state index contributed by atoms with van der Waals surface area (Å²) in [5.41, 5.74) is 0. The van der Waals surface area contributed by atoms with Gasteiger partial charge in [-0.2, -0.15) is 0 Å². The predicted octanol–water partition coefficient (Wildman–Crippen LogP) is 1.13. The molecule has 3 aliphatic rings. The van der Waals surface area contributed by atoms with E-state index in [4.69, 9.17) is 9.47 Å². The molecule has 0 bridgehead atoms. The summed E-state index contributed by atoms with van der Waals surface area (Å²) in [7, 11) is 0. The summed E-state index contributed by atoms with van der Waals surface area (Å²) in [4.78, 5) is 2.59. The van der Waals surface area contributed by atoms with Gasteiger partial charge in [0.05, 0.1) is 25.4 Å². The van der Waals surface area contributed by atoms with Crippen LogP contribution in [0.1, 0.15) is 26.2 Å². The van der Waals surface area contributed by atoms with Crippen LogP contribution in [0.15, 0.2) is 11.8 Å². The normalized spacial score (nSPS) is 33.9. The molecule has 2 saturated heterocycles. The molecule has 0 aliphatic carbocycles. The first-order valence-corrected chi connectivity index (χ1v) is 7.30. The molecule has 4 heteroatoms. The fourth-order valence-corrected chi connectivity index (χ4v) is 3.33. The molecule has 3 rings (SSSR count). The fourth-order valence-electron chi connectivity index (χ4n) is 3.33. The van der Waals surface area contributed by atoms with E-state index < -0.39 is 0 Å². The minimum atomic E-state index is 0.235. The van der Waals surface area contributed by atoms with Crippen molar-refractivity contribution in [3.8, 4) is 0 Å². The van der Waals surface area contributed by atoms with Crippen molar-refractivity contribution < 1.29 is 9.47 Å². The highest BCUT2D eigenvalue weighted by molar-refractivity contribution is 5.11. The summed E-state index contributed by atoms with van der Waals surface area (Å²) in [5.74, 6) is 1.10. The van der Waals surface area contributed by atoms with Crippen molar-refractivity contribution in [2.45, 2.75) is 44.4 Å². The average Bonchev–Trinajstić information content (AvgIpc) is 3.05. The summed E-state index contributed by atoms with van der Waals surface area (Å²) in [5, 5.41) is 3.53. The summed E-state index contributed by atoms with van der Waals surface area (Å²) >= 11 is 0. The van der Waals surface area contributed by atoms with Crippen LogP contribution in [0.2, 0.25) is 0 Å². The van der Waals surface area contributed by atoms with Gasteiger partial charge >= 0.3 is 0 Å². The van der Waals surface area contributed by atoms with Crippen LogP contribution in [-0.2, 0) is 9.47 Å². The third kappa shape index (κ3) is 2.42. The Kier molecular flexibility index (Phi) is 3.87. The molecule has 0 aromatic carbocycles. The Bertz CT molecular complexity index is 319. The van der Waals surface area contributed by atoms with Crippen LogP contribution in [-0.4, -0.2) is 55.9 Å². The van der Waals surface area contributed by atoms with Gasteiger partial charge in [-0.15, -0.1) is 0 Å². The van der Waals surface area contributed by atoms with Gasteiger partial charge in [0.25, 0.3) is 0 Å². The third-order valence-electron chi connectivity index (χ3n) is 4.25. The maximum atomic E-state index is 6.09. The van der Waals surface area contributed by atoms with E-state index in [9.17, 15) is 0 Å². The minimum absolute atomic E-state index is 0.235. The molecular weight excluding hydrogens is 228 g/mol. The third-order valence-corrected chi connectivity index (χ3v) is 4.25. The second-order valence-corrected chi connectivity index (χ2v) is 5.44. The molecule has 18 heavy (non-hydrogen) atoms. The lowest BCUT2D eigenvalue weighted by Crippen LogP contribution is -2.54. The van der Waals surface area contributed by atoms with Gasteiger partial charge in [-0.25, -0.2) is 0 Å². The van der Waals surface area contributed by atoms with Gasteiger partial charge in [0, 0.05) is 19.0 Å². The molecule has 0 aromatic rings. The molecule has 1 N–H and O–H groups in total. The van der Waals surface area contributed by atoms with Crippen molar-refractivity contribution >= 4 is 0 Å². The van der Waals surface area contributed by atoms with E-state index in [-0.39, 0.29) is 12.1 Å². The number of nitrogens with one attached hydrogen (secondary N) is 1. The van der Waals surface area contributed by atoms with E-state index in [2.05, 4.69) is 23.2 Å². The number of hydrogen-bond acceptors (Lipinski definition) is 4. The highest BCUT2D eigenvalue weighted by atomic mass is 16.5. The van der Waals surface area contributed by atoms with Crippen molar-refractivity contribution in [2.75, 3.05) is 32.8 Å². The fraction of sp³-hybridized carbons (Fsp3) is 0.857. The lowest BCUT2D eigenvalue weighted by molar-refractivity contribution is -0.0650. The number of rotatable bonds is 4. The largest absolute Gasteiger partial charge is 0.496 e. The average molecular weight is 252 g/mol. The predicted molar refractivity (Wildman–Crippen MR) is 70.5 cm³/mol. The van der Waals surface area contributed by atoms with Crippen LogP contribution in [0.3, 0.4) is 0 Å². The van der Waals surface area contributed by atoms with Crippen LogP contribution in [0.25, 0.3) is 0 Å². The number of hydrogen-bond donors (Lipinski definition) is 1. The molecule has 2 fully saturated rings. The molecule has 0 radical (unpaired) electrons. The van der Waals surface area contributed by atoms with Gasteiger partial charge in [0.1, 0.15) is 5.76 Å². The van der Waals surface area contributed by atoms with Crippen molar-refractivity contribution in [2.24, 2.45) is 0 Å². The van der Waals surface area contributed by atoms with Crippen LogP contribution >= 0.6 is 0 Å². The highest BCUT2D eigenvalue weighted by Crippen LogP contribution is 2.26. The van der Waals surface area contributed by atoms with E-state index in [1.807, 2.05) is 0 Å². The van der Waals surface area contributed by atoms with Crippen LogP contribution in [0.4, 0.5) is 0 Å². The standard InChI is InChI=1S/C14H24N2O2/c1-2-15-14(12-6-4-8-17-12)13-9-16-7-3-5-11(16)10-18-13/h6,11,13-15H,2-5,7-10H2,1H3. The molecule has 102 valence electrons. The first kappa shape index (κ1) is 12.5. The van der Waals surface area contributed by atoms with Gasteiger partial charge < -0.3 is 14.8 Å². The Morgan fingerprint density at radius 1 is 1.56 bits per heavy atom. The van der Waals surface area contributed by atoms with Crippen molar-refractivity contribution in [3.05, 3.63) is 11.8 Å². The van der Waals surface area contributed by atoms with E-state index >= 15 is 0 Å². The molecule has 0 aromatic heterocycles. The first-order valence-electron chi connectivity index (χ1n) is 7.30. The van der Waals surface area contributed by atoms with Gasteiger partial charge in [-0.3, -0.25) is 4.90 Å². The van der Waals surface area contributed by atoms with E-state index in [1.54, 1.807) is 0 Å². The monoisotopic (exact) mass is 252 g/mol. The number of fused-ring (bicyclic) bond motifs is 1. The number of morpholine rings is 1. The molecule has 3 unspecified atom stereocenters. The summed E-state index contributed by atoms with van der Waals surface area (Å²) < 4.78 is 11.8. The van der Waals surface area contributed by atoms with Crippen LogP contribution < -0.4 is 5.32 Å². The first-order chi connectivity index (χ1) is 8.88. The van der Waals surface area contributed by atoms with E-state index in [1.165, 1.54) is 19.4 Å². The Labute approximate surface area is 109 Å². The zero-order chi connectivity index (χ0) is 12.4. The second kappa shape index (κ2) is 5.59. The Morgan fingerprint density at radius 2 is 2.50 bits per heavy atom. The van der Waals surface area contributed by atoms with Gasteiger partial charge in [0.15, 0.2) is 0 Å². The smallest absolute Gasteiger partial charge is 0.112 e. The molecule has 3 heterocycles. The number of ether oxygens (including phenoxy) is 2. The Morgan fingerprint density at radius 3 is 3.28 bits per heavy atom. The molecule has 0 amide bonds. The molecular formula is C14H24N2O2. The molecule has 3 atom stereocenters. The van der Waals surface area contributed by atoms with Crippen molar-refractivity contribution in [3.63, 3.8) is 0 Å². The number of likely N-dealkylation sites (N-methyl/N-ethyl adjacent to an activating group) is 1. The zero-order valence-electron chi connectivity index (χ0n) is 11.2. The van der Waals surface area contributed by atoms with Gasteiger partial charge in [-0.1, -0.05) is 6.92 Å².